The molecule has 2 aliphatic rings. The first-order valence-electron chi connectivity index (χ1n) is 9.76. The Bertz CT molecular complexity index is 1100. The molecule has 2 saturated heterocycles. The number of carbonyl (C=O) groups excluding carboxylic acids is 2. The van der Waals surface area contributed by atoms with E-state index in [2.05, 4.69) is 15.4 Å². The first-order chi connectivity index (χ1) is 14.5. The van der Waals surface area contributed by atoms with Gasteiger partial charge in [-0.1, -0.05) is 16.8 Å². The summed E-state index contributed by atoms with van der Waals surface area (Å²) in [6.45, 7) is 2.98. The molecule has 2 aliphatic heterocycles. The topological polar surface area (TPSA) is 91.4 Å². The molecule has 0 aliphatic carbocycles. The normalized spacial score (nSPS) is 17.9. The van der Waals surface area contributed by atoms with Crippen LogP contribution in [-0.4, -0.2) is 63.4 Å². The summed E-state index contributed by atoms with van der Waals surface area (Å²) in [6.07, 6.45) is 1.46. The standard InChI is InChI=1S/C20H20ClN5O3S/c21-17-7-13(10-30-17)9-29-19(28)25-5-3-20(4-6-25)11-26(12-20)18(27)14-1-2-15-16(8-14)23-24-22-15/h1-2,7-8,10H,3-6,9,11-12H2,(H,22,23,24). The van der Waals surface area contributed by atoms with Crippen LogP contribution in [0.3, 0.4) is 0 Å². The van der Waals surface area contributed by atoms with Gasteiger partial charge in [-0.15, -0.1) is 16.4 Å². The van der Waals surface area contributed by atoms with Crippen molar-refractivity contribution in [2.75, 3.05) is 26.2 Å². The van der Waals surface area contributed by atoms with Crippen LogP contribution in [0.5, 0.6) is 0 Å². The molecule has 0 atom stereocenters. The number of H-pyrrole nitrogens is 1. The Labute approximate surface area is 181 Å². The number of aromatic amines is 1. The van der Waals surface area contributed by atoms with Crippen molar-refractivity contribution in [1.29, 1.82) is 0 Å². The van der Waals surface area contributed by atoms with Crippen molar-refractivity contribution in [2.24, 2.45) is 5.41 Å². The quantitative estimate of drug-likeness (QED) is 0.665. The Morgan fingerprint density at radius 1 is 1.20 bits per heavy atom. The number of thiophene rings is 1. The number of piperidine rings is 1. The molecule has 0 saturated carbocycles. The summed E-state index contributed by atoms with van der Waals surface area (Å²) in [5.74, 6) is 0.0155. The zero-order chi connectivity index (χ0) is 20.7. The van der Waals surface area contributed by atoms with Crippen molar-refractivity contribution in [2.45, 2.75) is 19.4 Å². The lowest BCUT2D eigenvalue weighted by Gasteiger charge is -2.53. The highest BCUT2D eigenvalue weighted by molar-refractivity contribution is 7.14. The van der Waals surface area contributed by atoms with Crippen LogP contribution in [0, 0.1) is 5.41 Å². The van der Waals surface area contributed by atoms with Crippen LogP contribution in [0.2, 0.25) is 4.34 Å². The van der Waals surface area contributed by atoms with E-state index in [0.717, 1.165) is 37.0 Å². The second-order valence-corrected chi connectivity index (χ2v) is 9.55. The van der Waals surface area contributed by atoms with Gasteiger partial charge >= 0.3 is 6.09 Å². The highest BCUT2D eigenvalue weighted by Gasteiger charge is 2.47. The van der Waals surface area contributed by atoms with Crippen LogP contribution in [0.15, 0.2) is 29.6 Å². The zero-order valence-corrected chi connectivity index (χ0v) is 17.7. The largest absolute Gasteiger partial charge is 0.445 e. The number of fused-ring (bicyclic) bond motifs is 1. The van der Waals surface area contributed by atoms with Crippen LogP contribution >= 0.6 is 22.9 Å². The van der Waals surface area contributed by atoms with E-state index in [9.17, 15) is 9.59 Å². The van der Waals surface area contributed by atoms with E-state index in [1.54, 1.807) is 17.0 Å². The molecule has 8 nitrogen and oxygen atoms in total. The number of hydrogen-bond donors (Lipinski definition) is 1. The number of carbonyl (C=O) groups is 2. The van der Waals surface area contributed by atoms with Crippen molar-refractivity contribution in [3.05, 3.63) is 45.1 Å². The Morgan fingerprint density at radius 2 is 2.00 bits per heavy atom. The van der Waals surface area contributed by atoms with Gasteiger partial charge < -0.3 is 14.5 Å². The monoisotopic (exact) mass is 445 g/mol. The number of rotatable bonds is 3. The lowest BCUT2D eigenvalue weighted by molar-refractivity contribution is -0.0319. The molecule has 1 aromatic carbocycles. The molecule has 0 bridgehead atoms. The minimum Gasteiger partial charge on any atom is -0.445 e. The molecule has 3 aromatic rings. The van der Waals surface area contributed by atoms with Gasteiger partial charge in [0.2, 0.25) is 0 Å². The molecule has 2 fully saturated rings. The summed E-state index contributed by atoms with van der Waals surface area (Å²) in [5, 5.41) is 12.4. The fourth-order valence-corrected chi connectivity index (χ4v) is 5.10. The minimum atomic E-state index is -0.291. The second kappa shape index (κ2) is 7.55. The van der Waals surface area contributed by atoms with Crippen molar-refractivity contribution in [3.63, 3.8) is 0 Å². The van der Waals surface area contributed by atoms with Crippen molar-refractivity contribution in [3.8, 4) is 0 Å². The number of hydrogen-bond acceptors (Lipinski definition) is 6. The Kier molecular flexibility index (Phi) is 4.86. The predicted molar refractivity (Wildman–Crippen MR) is 113 cm³/mol. The molecule has 0 radical (unpaired) electrons. The molecule has 10 heteroatoms. The van der Waals surface area contributed by atoms with Gasteiger partial charge in [-0.25, -0.2) is 4.79 Å². The van der Waals surface area contributed by atoms with E-state index in [1.165, 1.54) is 11.3 Å². The third-order valence-electron chi connectivity index (χ3n) is 5.98. The molecular weight excluding hydrogens is 426 g/mol. The summed E-state index contributed by atoms with van der Waals surface area (Å²) in [7, 11) is 0. The lowest BCUT2D eigenvalue weighted by Crippen LogP contribution is -2.62. The van der Waals surface area contributed by atoms with Gasteiger partial charge in [0.1, 0.15) is 12.1 Å². The second-order valence-electron chi connectivity index (χ2n) is 8.01. The first kappa shape index (κ1) is 19.3. The highest BCUT2D eigenvalue weighted by Crippen LogP contribution is 2.41. The van der Waals surface area contributed by atoms with Gasteiger partial charge in [0.15, 0.2) is 0 Å². The summed E-state index contributed by atoms with van der Waals surface area (Å²) in [4.78, 5) is 28.7. The van der Waals surface area contributed by atoms with E-state index in [1.807, 2.05) is 22.4 Å². The maximum Gasteiger partial charge on any atom is 0.410 e. The molecule has 2 amide bonds. The average Bonchev–Trinajstić information content (AvgIpc) is 3.37. The molecule has 156 valence electrons. The number of halogens is 1. The minimum absolute atomic E-state index is 0.0155. The average molecular weight is 446 g/mol. The van der Waals surface area contributed by atoms with Crippen LogP contribution in [0.1, 0.15) is 28.8 Å². The molecule has 0 unspecified atom stereocenters. The van der Waals surface area contributed by atoms with E-state index < -0.39 is 0 Å². The van der Waals surface area contributed by atoms with Gasteiger partial charge in [0.25, 0.3) is 5.91 Å². The summed E-state index contributed by atoms with van der Waals surface area (Å²) in [6, 6.07) is 7.21. The van der Waals surface area contributed by atoms with Crippen molar-refractivity contribution in [1.82, 2.24) is 25.2 Å². The number of nitrogens with one attached hydrogen (secondary N) is 1. The Hall–Kier alpha value is -2.65. The fourth-order valence-electron chi connectivity index (χ4n) is 4.20. The molecule has 2 aromatic heterocycles. The molecule has 1 N–H and O–H groups in total. The van der Waals surface area contributed by atoms with Crippen LogP contribution in [-0.2, 0) is 11.3 Å². The number of benzene rings is 1. The predicted octanol–water partition coefficient (Wildman–Crippen LogP) is 3.55. The fraction of sp³-hybridized carbons (Fsp3) is 0.400. The van der Waals surface area contributed by atoms with Gasteiger partial charge in [0.05, 0.1) is 9.85 Å². The van der Waals surface area contributed by atoms with Crippen LogP contribution in [0.25, 0.3) is 11.0 Å². The number of likely N-dealkylation sites (tertiary alicyclic amines) is 2. The third kappa shape index (κ3) is 3.63. The smallest absolute Gasteiger partial charge is 0.410 e. The molecule has 1 spiro atoms. The van der Waals surface area contributed by atoms with E-state index in [0.29, 0.717) is 28.5 Å². The summed E-state index contributed by atoms with van der Waals surface area (Å²) in [5.41, 5.74) is 3.14. The number of amides is 2. The SMILES string of the molecule is O=C(OCc1csc(Cl)c1)N1CCC2(CC1)CN(C(=O)c1ccc3[nH]nnc3c1)C2. The van der Waals surface area contributed by atoms with Crippen LogP contribution < -0.4 is 0 Å². The number of nitrogens with zero attached hydrogens (tertiary/aromatic N) is 4. The van der Waals surface area contributed by atoms with Gasteiger partial charge in [-0.2, -0.15) is 0 Å². The maximum absolute atomic E-state index is 12.8. The number of ether oxygens (including phenoxy) is 1. The molecule has 30 heavy (non-hydrogen) atoms. The van der Waals surface area contributed by atoms with Crippen LogP contribution in [0.4, 0.5) is 4.79 Å². The van der Waals surface area contributed by atoms with E-state index >= 15 is 0 Å². The van der Waals surface area contributed by atoms with Crippen molar-refractivity contribution >= 4 is 46.0 Å². The van der Waals surface area contributed by atoms with Gasteiger partial charge in [0, 0.05) is 42.7 Å². The maximum atomic E-state index is 12.8. The van der Waals surface area contributed by atoms with Gasteiger partial charge in [-0.3, -0.25) is 9.89 Å². The lowest BCUT2D eigenvalue weighted by atomic mass is 9.72. The zero-order valence-electron chi connectivity index (χ0n) is 16.1. The highest BCUT2D eigenvalue weighted by atomic mass is 35.5. The van der Waals surface area contributed by atoms with Crippen molar-refractivity contribution < 1.29 is 14.3 Å². The molecule has 4 heterocycles. The van der Waals surface area contributed by atoms with E-state index in [4.69, 9.17) is 16.3 Å². The molecular formula is C20H20ClN5O3S. The third-order valence-corrected chi connectivity index (χ3v) is 7.12. The first-order valence-corrected chi connectivity index (χ1v) is 11.0. The summed E-state index contributed by atoms with van der Waals surface area (Å²) >= 11 is 7.33. The summed E-state index contributed by atoms with van der Waals surface area (Å²) < 4.78 is 6.09. The number of aromatic nitrogens is 3. The van der Waals surface area contributed by atoms with Gasteiger partial charge in [-0.05, 0) is 42.5 Å². The Balaban J connectivity index is 1.12. The van der Waals surface area contributed by atoms with E-state index in [-0.39, 0.29) is 24.0 Å². The molecule has 5 rings (SSSR count). The Morgan fingerprint density at radius 3 is 2.73 bits per heavy atom.